The van der Waals surface area contributed by atoms with Crippen LogP contribution >= 0.6 is 30.2 Å². The summed E-state index contributed by atoms with van der Waals surface area (Å²) >= 11 is 1.18. The molecular formula is C2H4IO5P. The number of carbonyl (C=O) groups is 1. The molecule has 0 radical (unpaired) electrons. The maximum absolute atomic E-state index is 10.1. The molecule has 0 aromatic rings. The largest absolute Gasteiger partial charge is 0.480 e. The standard InChI is InChI=1S/C2H4IO5P/c3-1(2(4)5)9(6,7)8/h1H,(H,4,5)(H2,6,7,8). The molecule has 1 unspecified atom stereocenters. The molecule has 0 rings (SSSR count). The minimum Gasteiger partial charge on any atom is -0.480 e. The lowest BCUT2D eigenvalue weighted by atomic mass is 10.8. The summed E-state index contributed by atoms with van der Waals surface area (Å²) < 4.78 is 8.45. The van der Waals surface area contributed by atoms with Crippen molar-refractivity contribution in [3.05, 3.63) is 0 Å². The Hall–Kier alpha value is 0.350. The average Bonchev–Trinajstić information content (AvgIpc) is 1.62. The van der Waals surface area contributed by atoms with Gasteiger partial charge in [0, 0.05) is 0 Å². The quantitative estimate of drug-likeness (QED) is 0.371. The Kier molecular flexibility index (Phi) is 3.07. The molecule has 0 heterocycles. The Bertz CT molecular complexity index is 160. The average molecular weight is 266 g/mol. The Balaban J connectivity index is 4.23. The van der Waals surface area contributed by atoms with E-state index in [1.807, 2.05) is 0 Å². The third-order valence-corrected chi connectivity index (χ3v) is 4.02. The zero-order valence-corrected chi connectivity index (χ0v) is 7.11. The van der Waals surface area contributed by atoms with Gasteiger partial charge in [-0.1, -0.05) is 22.6 Å². The number of alkyl halides is 1. The molecule has 7 heteroatoms. The second kappa shape index (κ2) is 2.96. The van der Waals surface area contributed by atoms with Crippen LogP contribution in [-0.2, 0) is 9.36 Å². The summed E-state index contributed by atoms with van der Waals surface area (Å²) in [4.78, 5) is 26.2. The summed E-state index contributed by atoms with van der Waals surface area (Å²) in [6, 6.07) is 0. The summed E-state index contributed by atoms with van der Waals surface area (Å²) in [5.41, 5.74) is 0. The van der Waals surface area contributed by atoms with Crippen LogP contribution in [0.5, 0.6) is 0 Å². The zero-order chi connectivity index (χ0) is 7.65. The van der Waals surface area contributed by atoms with E-state index >= 15 is 0 Å². The van der Waals surface area contributed by atoms with Crippen molar-refractivity contribution >= 4 is 36.2 Å². The van der Waals surface area contributed by atoms with Crippen LogP contribution in [-0.4, -0.2) is 24.5 Å². The van der Waals surface area contributed by atoms with Gasteiger partial charge < -0.3 is 14.9 Å². The number of carboxylic acids is 1. The van der Waals surface area contributed by atoms with Crippen LogP contribution in [0.15, 0.2) is 0 Å². The predicted molar refractivity (Wildman–Crippen MR) is 37.5 cm³/mol. The minimum absolute atomic E-state index is 1.18. The summed E-state index contributed by atoms with van der Waals surface area (Å²) in [5, 5.41) is 8.02. The number of halogens is 1. The molecule has 0 aromatic heterocycles. The van der Waals surface area contributed by atoms with Crippen LogP contribution in [0.4, 0.5) is 0 Å². The molecule has 0 bridgehead atoms. The lowest BCUT2D eigenvalue weighted by molar-refractivity contribution is -0.134. The summed E-state index contributed by atoms with van der Waals surface area (Å²) in [5.74, 6) is -1.50. The fourth-order valence-electron chi connectivity index (χ4n) is 0.144. The van der Waals surface area contributed by atoms with Gasteiger partial charge >= 0.3 is 13.6 Å². The van der Waals surface area contributed by atoms with Crippen molar-refractivity contribution in [3.63, 3.8) is 0 Å². The molecule has 0 spiro atoms. The van der Waals surface area contributed by atoms with Gasteiger partial charge in [-0.2, -0.15) is 0 Å². The van der Waals surface area contributed by atoms with E-state index in [1.54, 1.807) is 0 Å². The van der Waals surface area contributed by atoms with E-state index in [0.29, 0.717) is 0 Å². The Morgan fingerprint density at radius 1 is 1.56 bits per heavy atom. The van der Waals surface area contributed by atoms with Crippen molar-refractivity contribution in [1.29, 1.82) is 0 Å². The minimum atomic E-state index is -4.43. The molecule has 5 nitrogen and oxygen atoms in total. The maximum Gasteiger partial charge on any atom is 0.349 e. The number of rotatable bonds is 2. The molecule has 1 atom stereocenters. The second-order valence-corrected chi connectivity index (χ2v) is 5.19. The molecule has 0 saturated carbocycles. The molecule has 9 heavy (non-hydrogen) atoms. The molecule has 0 aromatic carbocycles. The highest BCUT2D eigenvalue weighted by molar-refractivity contribution is 14.1. The predicted octanol–water partition coefficient (Wildman–Crippen LogP) is 0.00980. The van der Waals surface area contributed by atoms with Gasteiger partial charge in [0.15, 0.2) is 0 Å². The van der Waals surface area contributed by atoms with Crippen molar-refractivity contribution in [2.24, 2.45) is 0 Å². The molecule has 0 aliphatic heterocycles. The number of aliphatic carboxylic acids is 1. The first kappa shape index (κ1) is 9.35. The van der Waals surface area contributed by atoms with E-state index < -0.39 is 17.2 Å². The highest BCUT2D eigenvalue weighted by atomic mass is 127. The highest BCUT2D eigenvalue weighted by Crippen LogP contribution is 2.44. The fourth-order valence-corrected chi connectivity index (χ4v) is 0.432. The Labute approximate surface area is 64.4 Å². The third-order valence-electron chi connectivity index (χ3n) is 0.499. The van der Waals surface area contributed by atoms with E-state index in [0.717, 1.165) is 0 Å². The van der Waals surface area contributed by atoms with Crippen molar-refractivity contribution in [2.45, 2.75) is 3.67 Å². The van der Waals surface area contributed by atoms with Crippen LogP contribution in [0.3, 0.4) is 0 Å². The van der Waals surface area contributed by atoms with E-state index in [2.05, 4.69) is 0 Å². The number of hydrogen-bond acceptors (Lipinski definition) is 2. The molecular weight excluding hydrogens is 262 g/mol. The van der Waals surface area contributed by atoms with Crippen molar-refractivity contribution in [2.75, 3.05) is 0 Å². The van der Waals surface area contributed by atoms with Crippen molar-refractivity contribution in [3.8, 4) is 0 Å². The highest BCUT2D eigenvalue weighted by Gasteiger charge is 2.32. The van der Waals surface area contributed by atoms with Gasteiger partial charge in [0.05, 0.1) is 0 Å². The van der Waals surface area contributed by atoms with Gasteiger partial charge in [0.1, 0.15) is 0 Å². The van der Waals surface area contributed by atoms with E-state index in [9.17, 15) is 9.36 Å². The lowest BCUT2D eigenvalue weighted by Gasteiger charge is -2.04. The smallest absolute Gasteiger partial charge is 0.349 e. The fraction of sp³-hybridized carbons (Fsp3) is 0.500. The van der Waals surface area contributed by atoms with E-state index in [1.165, 1.54) is 22.6 Å². The van der Waals surface area contributed by atoms with Crippen LogP contribution in [0, 0.1) is 0 Å². The molecule has 0 aliphatic rings. The first-order valence-corrected chi connectivity index (χ1v) is 4.70. The molecule has 3 N–H and O–H groups in total. The molecule has 0 saturated heterocycles. The monoisotopic (exact) mass is 266 g/mol. The first-order chi connectivity index (χ1) is 3.85. The molecule has 0 amide bonds. The Morgan fingerprint density at radius 3 is 1.89 bits per heavy atom. The van der Waals surface area contributed by atoms with E-state index in [-0.39, 0.29) is 0 Å². The van der Waals surface area contributed by atoms with Crippen molar-refractivity contribution in [1.82, 2.24) is 0 Å². The van der Waals surface area contributed by atoms with Crippen LogP contribution in [0.1, 0.15) is 0 Å². The van der Waals surface area contributed by atoms with Gasteiger partial charge in [-0.05, 0) is 0 Å². The van der Waals surface area contributed by atoms with Gasteiger partial charge in [-0.3, -0.25) is 9.36 Å². The summed E-state index contributed by atoms with van der Waals surface area (Å²) in [6.07, 6.45) is 0. The van der Waals surface area contributed by atoms with Gasteiger partial charge in [0.2, 0.25) is 3.67 Å². The van der Waals surface area contributed by atoms with Gasteiger partial charge in [-0.15, -0.1) is 0 Å². The Morgan fingerprint density at radius 2 is 1.89 bits per heavy atom. The van der Waals surface area contributed by atoms with Crippen LogP contribution in [0.25, 0.3) is 0 Å². The van der Waals surface area contributed by atoms with Gasteiger partial charge in [-0.25, -0.2) is 0 Å². The zero-order valence-electron chi connectivity index (χ0n) is 4.06. The third kappa shape index (κ3) is 3.14. The maximum atomic E-state index is 10.1. The van der Waals surface area contributed by atoms with E-state index in [4.69, 9.17) is 14.9 Å². The normalized spacial score (nSPS) is 15.0. The molecule has 0 fully saturated rings. The SMILES string of the molecule is O=C(O)C(I)P(=O)(O)O. The van der Waals surface area contributed by atoms with Crippen LogP contribution in [0.2, 0.25) is 0 Å². The van der Waals surface area contributed by atoms with Gasteiger partial charge in [0.25, 0.3) is 0 Å². The number of carboxylic acid groups (broad SMARTS) is 1. The lowest BCUT2D eigenvalue weighted by Crippen LogP contribution is -2.11. The summed E-state index contributed by atoms with van der Waals surface area (Å²) in [6.45, 7) is 0. The summed E-state index contributed by atoms with van der Waals surface area (Å²) in [7, 11) is -4.43. The second-order valence-electron chi connectivity index (χ2n) is 1.26. The topological polar surface area (TPSA) is 94.8 Å². The number of hydrogen-bond donors (Lipinski definition) is 3. The molecule has 54 valence electrons. The molecule has 0 aliphatic carbocycles. The first-order valence-electron chi connectivity index (χ1n) is 1.78. The van der Waals surface area contributed by atoms with Crippen molar-refractivity contribution < 1.29 is 24.3 Å². The van der Waals surface area contributed by atoms with Crippen LogP contribution < -0.4 is 0 Å².